The average molecular weight is 213 g/mol. The summed E-state index contributed by atoms with van der Waals surface area (Å²) in [6.07, 6.45) is 0. The molecule has 0 aliphatic carbocycles. The zero-order valence-electron chi connectivity index (χ0n) is 7.53. The molecule has 5 heteroatoms. The van der Waals surface area contributed by atoms with E-state index in [1.165, 1.54) is 4.57 Å². The van der Waals surface area contributed by atoms with Crippen molar-refractivity contribution in [2.75, 3.05) is 0 Å². The van der Waals surface area contributed by atoms with Crippen LogP contribution in [-0.4, -0.2) is 4.57 Å². The predicted molar refractivity (Wildman–Crippen MR) is 54.2 cm³/mol. The molecule has 14 heavy (non-hydrogen) atoms. The highest BCUT2D eigenvalue weighted by Crippen LogP contribution is 2.19. The van der Waals surface area contributed by atoms with Gasteiger partial charge in [-0.2, -0.15) is 0 Å². The molecule has 1 unspecified atom stereocenters. The zero-order valence-corrected chi connectivity index (χ0v) is 8.28. The van der Waals surface area contributed by atoms with E-state index < -0.39 is 5.50 Å². The van der Waals surface area contributed by atoms with Crippen molar-refractivity contribution in [2.45, 2.75) is 5.50 Å². The molecular formula is C9H9ClN2O2. The quantitative estimate of drug-likeness (QED) is 0.573. The lowest BCUT2D eigenvalue weighted by molar-refractivity contribution is 0.528. The Morgan fingerprint density at radius 1 is 1.57 bits per heavy atom. The third-order valence-electron chi connectivity index (χ3n) is 2.13. The van der Waals surface area contributed by atoms with Crippen LogP contribution < -0.4 is 11.5 Å². The van der Waals surface area contributed by atoms with E-state index >= 15 is 0 Å². The zero-order chi connectivity index (χ0) is 10.3. The van der Waals surface area contributed by atoms with Crippen LogP contribution in [0.1, 0.15) is 11.1 Å². The Morgan fingerprint density at radius 2 is 2.29 bits per heavy atom. The van der Waals surface area contributed by atoms with Gasteiger partial charge in [0.15, 0.2) is 5.58 Å². The maximum atomic E-state index is 11.2. The molecule has 0 aliphatic rings. The number of halogens is 1. The molecule has 2 aromatic rings. The molecular weight excluding hydrogens is 204 g/mol. The van der Waals surface area contributed by atoms with Gasteiger partial charge in [-0.25, -0.2) is 4.79 Å². The highest BCUT2D eigenvalue weighted by molar-refractivity contribution is 6.20. The highest BCUT2D eigenvalue weighted by atomic mass is 35.5. The van der Waals surface area contributed by atoms with E-state index in [1.807, 2.05) is 0 Å². The average Bonchev–Trinajstić information content (AvgIpc) is 2.42. The van der Waals surface area contributed by atoms with Crippen molar-refractivity contribution in [1.82, 2.24) is 4.57 Å². The lowest BCUT2D eigenvalue weighted by Crippen LogP contribution is -2.08. The van der Waals surface area contributed by atoms with Gasteiger partial charge < -0.3 is 10.2 Å². The number of aryl methyl sites for hydroxylation is 1. The van der Waals surface area contributed by atoms with Gasteiger partial charge >= 0.3 is 5.76 Å². The molecule has 2 N–H and O–H groups in total. The molecule has 0 bridgehead atoms. The molecule has 4 nitrogen and oxygen atoms in total. The lowest BCUT2D eigenvalue weighted by Gasteiger charge is -2.01. The summed E-state index contributed by atoms with van der Waals surface area (Å²) in [7, 11) is 1.65. The van der Waals surface area contributed by atoms with Crippen molar-refractivity contribution in [1.29, 1.82) is 0 Å². The summed E-state index contributed by atoms with van der Waals surface area (Å²) in [4.78, 5) is 11.2. The minimum absolute atomic E-state index is 0.389. The van der Waals surface area contributed by atoms with Crippen molar-refractivity contribution >= 4 is 22.7 Å². The van der Waals surface area contributed by atoms with Gasteiger partial charge in [-0.3, -0.25) is 4.57 Å². The second kappa shape index (κ2) is 3.15. The maximum Gasteiger partial charge on any atom is 0.419 e. The Labute approximate surface area is 84.9 Å². The lowest BCUT2D eigenvalue weighted by atomic mass is 10.2. The number of oxazole rings is 1. The highest BCUT2D eigenvalue weighted by Gasteiger charge is 2.08. The summed E-state index contributed by atoms with van der Waals surface area (Å²) in [6.45, 7) is 0. The molecule has 0 radical (unpaired) electrons. The standard InChI is InChI=1S/C9H9ClN2O2/c1-12-6-3-2-5(8(10)11)4-7(6)14-9(12)13/h2-4,8H,11H2,1H3. The van der Waals surface area contributed by atoms with E-state index in [4.69, 9.17) is 21.8 Å². The van der Waals surface area contributed by atoms with Gasteiger partial charge in [0.1, 0.15) is 5.50 Å². The van der Waals surface area contributed by atoms with E-state index in [0.29, 0.717) is 5.58 Å². The fourth-order valence-electron chi connectivity index (χ4n) is 1.32. The van der Waals surface area contributed by atoms with Gasteiger partial charge in [0.25, 0.3) is 0 Å². The van der Waals surface area contributed by atoms with Crippen LogP contribution in [0.3, 0.4) is 0 Å². The number of nitrogens with zero attached hydrogens (tertiary/aromatic N) is 1. The third kappa shape index (κ3) is 1.32. The summed E-state index contributed by atoms with van der Waals surface area (Å²) in [5.41, 5.74) is 6.88. The summed E-state index contributed by atoms with van der Waals surface area (Å²) in [5, 5.41) is 0. The molecule has 2 rings (SSSR count). The first-order chi connectivity index (χ1) is 6.59. The number of alkyl halides is 1. The summed E-state index contributed by atoms with van der Waals surface area (Å²) >= 11 is 5.70. The fourth-order valence-corrected chi connectivity index (χ4v) is 1.46. The molecule has 1 atom stereocenters. The molecule has 1 heterocycles. The van der Waals surface area contributed by atoms with Gasteiger partial charge in [0.2, 0.25) is 0 Å². The van der Waals surface area contributed by atoms with Crippen LogP contribution in [0.25, 0.3) is 11.1 Å². The van der Waals surface area contributed by atoms with Crippen LogP contribution in [0, 0.1) is 0 Å². The SMILES string of the molecule is Cn1c(=O)oc2cc(C(N)Cl)ccc21. The van der Waals surface area contributed by atoms with Gasteiger partial charge in [0, 0.05) is 7.05 Å². The van der Waals surface area contributed by atoms with Crippen molar-refractivity contribution in [3.05, 3.63) is 34.3 Å². The molecule has 0 amide bonds. The normalized spacial score (nSPS) is 13.4. The number of hydrogen-bond donors (Lipinski definition) is 1. The van der Waals surface area contributed by atoms with Crippen LogP contribution in [0.2, 0.25) is 0 Å². The molecule has 0 aliphatic heterocycles. The Kier molecular flexibility index (Phi) is 2.09. The molecule has 0 spiro atoms. The van der Waals surface area contributed by atoms with Crippen molar-refractivity contribution < 1.29 is 4.42 Å². The molecule has 0 fully saturated rings. The van der Waals surface area contributed by atoms with Crippen molar-refractivity contribution in [3.8, 4) is 0 Å². The maximum absolute atomic E-state index is 11.2. The fraction of sp³-hybridized carbons (Fsp3) is 0.222. The van der Waals surface area contributed by atoms with Crippen molar-refractivity contribution in [2.24, 2.45) is 12.8 Å². The number of aromatic nitrogens is 1. The topological polar surface area (TPSA) is 61.2 Å². The second-order valence-electron chi connectivity index (χ2n) is 3.06. The first-order valence-corrected chi connectivity index (χ1v) is 4.52. The van der Waals surface area contributed by atoms with E-state index in [2.05, 4.69) is 0 Å². The van der Waals surface area contributed by atoms with E-state index in [-0.39, 0.29) is 5.76 Å². The van der Waals surface area contributed by atoms with Crippen molar-refractivity contribution in [3.63, 3.8) is 0 Å². The van der Waals surface area contributed by atoms with Gasteiger partial charge in [-0.1, -0.05) is 6.07 Å². The predicted octanol–water partition coefficient (Wildman–Crippen LogP) is 1.33. The van der Waals surface area contributed by atoms with Crippen LogP contribution in [0.15, 0.2) is 27.4 Å². The summed E-state index contributed by atoms with van der Waals surface area (Å²) in [6, 6.07) is 5.21. The van der Waals surface area contributed by atoms with E-state index in [1.54, 1.807) is 25.2 Å². The Morgan fingerprint density at radius 3 is 2.93 bits per heavy atom. The van der Waals surface area contributed by atoms with Gasteiger partial charge in [0.05, 0.1) is 5.52 Å². The Balaban J connectivity index is 2.73. The first-order valence-electron chi connectivity index (χ1n) is 4.09. The second-order valence-corrected chi connectivity index (χ2v) is 3.53. The number of hydrogen-bond acceptors (Lipinski definition) is 3. The number of benzene rings is 1. The minimum Gasteiger partial charge on any atom is -0.408 e. The Hall–Kier alpha value is -1.26. The van der Waals surface area contributed by atoms with Crippen LogP contribution in [-0.2, 0) is 7.05 Å². The number of fused-ring (bicyclic) bond motifs is 1. The van der Waals surface area contributed by atoms with Crippen LogP contribution in [0.5, 0.6) is 0 Å². The molecule has 1 aromatic heterocycles. The van der Waals surface area contributed by atoms with Crippen LogP contribution in [0.4, 0.5) is 0 Å². The van der Waals surface area contributed by atoms with Gasteiger partial charge in [-0.05, 0) is 17.7 Å². The Bertz CT molecular complexity index is 527. The van der Waals surface area contributed by atoms with Crippen LogP contribution >= 0.6 is 11.6 Å². The minimum atomic E-state index is -0.579. The molecule has 1 aromatic carbocycles. The monoisotopic (exact) mass is 212 g/mol. The van der Waals surface area contributed by atoms with E-state index in [9.17, 15) is 4.79 Å². The largest absolute Gasteiger partial charge is 0.419 e. The smallest absolute Gasteiger partial charge is 0.408 e. The molecule has 0 saturated carbocycles. The molecule has 0 saturated heterocycles. The number of rotatable bonds is 1. The first kappa shape index (κ1) is 9.30. The molecule has 74 valence electrons. The third-order valence-corrected chi connectivity index (χ3v) is 2.39. The summed E-state index contributed by atoms with van der Waals surface area (Å²) in [5.74, 6) is -0.389. The number of nitrogens with two attached hydrogens (primary N) is 1. The summed E-state index contributed by atoms with van der Waals surface area (Å²) < 4.78 is 6.41. The van der Waals surface area contributed by atoms with E-state index in [0.717, 1.165) is 11.1 Å². The van der Waals surface area contributed by atoms with Gasteiger partial charge in [-0.15, -0.1) is 11.6 Å².